The molecule has 0 saturated carbocycles. The van der Waals surface area contributed by atoms with Gasteiger partial charge in [0.05, 0.1) is 27.5 Å². The summed E-state index contributed by atoms with van der Waals surface area (Å²) in [6, 6.07) is 12.9. The zero-order valence-corrected chi connectivity index (χ0v) is 13.6. The standard InChI is InChI=1S/C17H13Cl2N3O/c18-11-5-6-12(13(19)7-11)17(23)22-8-10(9-22)16-20-14-3-1-2-4-15(14)21-16/h1-7,10H,8-9H2,(H,20,21). The van der Waals surface area contributed by atoms with Gasteiger partial charge in [0.15, 0.2) is 0 Å². The van der Waals surface area contributed by atoms with Crippen molar-refractivity contribution in [2.75, 3.05) is 13.1 Å². The number of rotatable bonds is 2. The maximum absolute atomic E-state index is 12.5. The fraction of sp³-hybridized carbons (Fsp3) is 0.176. The zero-order chi connectivity index (χ0) is 16.0. The zero-order valence-electron chi connectivity index (χ0n) is 12.1. The summed E-state index contributed by atoms with van der Waals surface area (Å²) < 4.78 is 0. The first-order valence-electron chi connectivity index (χ1n) is 7.31. The van der Waals surface area contributed by atoms with Crippen molar-refractivity contribution >= 4 is 40.1 Å². The van der Waals surface area contributed by atoms with Gasteiger partial charge in [0.25, 0.3) is 5.91 Å². The molecule has 0 spiro atoms. The molecule has 4 rings (SSSR count). The van der Waals surface area contributed by atoms with Gasteiger partial charge in [0.1, 0.15) is 5.82 Å². The van der Waals surface area contributed by atoms with Crippen LogP contribution in [0.1, 0.15) is 22.1 Å². The Morgan fingerprint density at radius 2 is 1.96 bits per heavy atom. The maximum atomic E-state index is 12.5. The molecule has 116 valence electrons. The molecule has 0 unspecified atom stereocenters. The van der Waals surface area contributed by atoms with Gasteiger partial charge in [-0.05, 0) is 30.3 Å². The van der Waals surface area contributed by atoms with Gasteiger partial charge in [-0.1, -0.05) is 35.3 Å². The van der Waals surface area contributed by atoms with Crippen LogP contribution < -0.4 is 0 Å². The highest BCUT2D eigenvalue weighted by atomic mass is 35.5. The van der Waals surface area contributed by atoms with Gasteiger partial charge in [-0.3, -0.25) is 4.79 Å². The minimum absolute atomic E-state index is 0.0703. The molecule has 2 heterocycles. The molecule has 2 aromatic carbocycles. The molecular weight excluding hydrogens is 333 g/mol. The molecule has 3 aromatic rings. The number of carbonyl (C=O) groups excluding carboxylic acids is 1. The number of nitrogens with zero attached hydrogens (tertiary/aromatic N) is 2. The van der Waals surface area contributed by atoms with Crippen LogP contribution in [0.15, 0.2) is 42.5 Å². The summed E-state index contributed by atoms with van der Waals surface area (Å²) >= 11 is 12.0. The Morgan fingerprint density at radius 3 is 2.70 bits per heavy atom. The number of H-pyrrole nitrogens is 1. The highest BCUT2D eigenvalue weighted by molar-refractivity contribution is 6.36. The van der Waals surface area contributed by atoms with Crippen LogP contribution in [0.25, 0.3) is 11.0 Å². The van der Waals surface area contributed by atoms with E-state index in [1.54, 1.807) is 23.1 Å². The summed E-state index contributed by atoms with van der Waals surface area (Å²) in [5, 5.41) is 0.907. The van der Waals surface area contributed by atoms with Crippen LogP contribution in [0.4, 0.5) is 0 Å². The maximum Gasteiger partial charge on any atom is 0.255 e. The van der Waals surface area contributed by atoms with Crippen molar-refractivity contribution in [1.29, 1.82) is 0 Å². The van der Waals surface area contributed by atoms with Gasteiger partial charge >= 0.3 is 0 Å². The first kappa shape index (κ1) is 14.5. The van der Waals surface area contributed by atoms with Crippen molar-refractivity contribution in [3.63, 3.8) is 0 Å². The van der Waals surface area contributed by atoms with E-state index in [-0.39, 0.29) is 11.8 Å². The van der Waals surface area contributed by atoms with E-state index in [2.05, 4.69) is 9.97 Å². The molecule has 1 amide bonds. The first-order chi connectivity index (χ1) is 11.1. The smallest absolute Gasteiger partial charge is 0.255 e. The lowest BCUT2D eigenvalue weighted by Crippen LogP contribution is -2.48. The number of likely N-dealkylation sites (tertiary alicyclic amines) is 1. The van der Waals surface area contributed by atoms with Crippen molar-refractivity contribution in [2.45, 2.75) is 5.92 Å². The van der Waals surface area contributed by atoms with Gasteiger partial charge < -0.3 is 9.88 Å². The SMILES string of the molecule is O=C(c1ccc(Cl)cc1Cl)N1CC(c2nc3ccccc3[nH]2)C1. The third-order valence-electron chi connectivity index (χ3n) is 4.12. The van der Waals surface area contributed by atoms with E-state index >= 15 is 0 Å². The number of benzene rings is 2. The monoisotopic (exact) mass is 345 g/mol. The number of aromatic amines is 1. The molecule has 0 atom stereocenters. The second kappa shape index (κ2) is 5.55. The van der Waals surface area contributed by atoms with Crippen LogP contribution in [-0.2, 0) is 0 Å². The Kier molecular flexibility index (Phi) is 3.51. The third kappa shape index (κ3) is 2.58. The molecule has 1 aliphatic heterocycles. The Bertz CT molecular complexity index is 867. The quantitative estimate of drug-likeness (QED) is 0.759. The number of aromatic nitrogens is 2. The predicted molar refractivity (Wildman–Crippen MR) is 91.2 cm³/mol. The summed E-state index contributed by atoms with van der Waals surface area (Å²) in [7, 11) is 0. The number of amides is 1. The van der Waals surface area contributed by atoms with E-state index in [1.165, 1.54) is 0 Å². The summed E-state index contributed by atoms with van der Waals surface area (Å²) in [5.41, 5.74) is 2.46. The van der Waals surface area contributed by atoms with Crippen LogP contribution in [0.5, 0.6) is 0 Å². The molecule has 1 N–H and O–H groups in total. The lowest BCUT2D eigenvalue weighted by molar-refractivity contribution is 0.0596. The lowest BCUT2D eigenvalue weighted by atomic mass is 9.98. The molecule has 1 fully saturated rings. The van der Waals surface area contributed by atoms with Gasteiger partial charge in [-0.25, -0.2) is 4.98 Å². The Balaban J connectivity index is 1.49. The largest absolute Gasteiger partial charge is 0.342 e. The van der Waals surface area contributed by atoms with Gasteiger partial charge in [0.2, 0.25) is 0 Å². The van der Waals surface area contributed by atoms with Crippen LogP contribution in [0, 0.1) is 0 Å². The number of nitrogens with one attached hydrogen (secondary N) is 1. The molecule has 0 aliphatic carbocycles. The minimum Gasteiger partial charge on any atom is -0.342 e. The van der Waals surface area contributed by atoms with E-state index in [1.807, 2.05) is 24.3 Å². The van der Waals surface area contributed by atoms with Crippen LogP contribution in [-0.4, -0.2) is 33.9 Å². The van der Waals surface area contributed by atoms with E-state index in [9.17, 15) is 4.79 Å². The Morgan fingerprint density at radius 1 is 1.17 bits per heavy atom. The Labute approximate surface area is 143 Å². The fourth-order valence-corrected chi connectivity index (χ4v) is 3.31. The minimum atomic E-state index is -0.0703. The Hall–Kier alpha value is -2.04. The van der Waals surface area contributed by atoms with Crippen molar-refractivity contribution in [3.8, 4) is 0 Å². The number of fused-ring (bicyclic) bond motifs is 1. The molecular formula is C17H13Cl2N3O. The number of carbonyl (C=O) groups is 1. The summed E-state index contributed by atoms with van der Waals surface area (Å²) in [6.45, 7) is 1.27. The van der Waals surface area contributed by atoms with Crippen LogP contribution in [0.3, 0.4) is 0 Å². The molecule has 0 radical (unpaired) electrons. The molecule has 1 saturated heterocycles. The number of hydrogen-bond donors (Lipinski definition) is 1. The van der Waals surface area contributed by atoms with Crippen molar-refractivity contribution in [3.05, 3.63) is 63.9 Å². The average Bonchev–Trinajstić information content (AvgIpc) is 2.88. The van der Waals surface area contributed by atoms with E-state index in [0.717, 1.165) is 16.9 Å². The number of imidazole rings is 1. The lowest BCUT2D eigenvalue weighted by Gasteiger charge is -2.38. The molecule has 0 bridgehead atoms. The second-order valence-corrected chi connectivity index (χ2v) is 6.51. The normalized spacial score (nSPS) is 15.0. The highest BCUT2D eigenvalue weighted by Gasteiger charge is 2.34. The van der Waals surface area contributed by atoms with E-state index < -0.39 is 0 Å². The number of halogens is 2. The van der Waals surface area contributed by atoms with Gasteiger partial charge in [0, 0.05) is 18.1 Å². The molecule has 4 nitrogen and oxygen atoms in total. The van der Waals surface area contributed by atoms with Gasteiger partial charge in [-0.2, -0.15) is 0 Å². The summed E-state index contributed by atoms with van der Waals surface area (Å²) in [6.07, 6.45) is 0. The molecule has 1 aromatic heterocycles. The third-order valence-corrected chi connectivity index (χ3v) is 4.67. The molecule has 23 heavy (non-hydrogen) atoms. The van der Waals surface area contributed by atoms with E-state index in [4.69, 9.17) is 23.2 Å². The fourth-order valence-electron chi connectivity index (χ4n) is 2.82. The van der Waals surface area contributed by atoms with E-state index in [0.29, 0.717) is 28.7 Å². The topological polar surface area (TPSA) is 49.0 Å². The van der Waals surface area contributed by atoms with Gasteiger partial charge in [-0.15, -0.1) is 0 Å². The number of para-hydroxylation sites is 2. The average molecular weight is 346 g/mol. The van der Waals surface area contributed by atoms with Crippen LogP contribution >= 0.6 is 23.2 Å². The number of hydrogen-bond acceptors (Lipinski definition) is 2. The first-order valence-corrected chi connectivity index (χ1v) is 8.06. The highest BCUT2D eigenvalue weighted by Crippen LogP contribution is 2.30. The second-order valence-electron chi connectivity index (χ2n) is 5.67. The van der Waals surface area contributed by atoms with Crippen molar-refractivity contribution in [2.24, 2.45) is 0 Å². The molecule has 1 aliphatic rings. The predicted octanol–water partition coefficient (Wildman–Crippen LogP) is 4.11. The van der Waals surface area contributed by atoms with Crippen LogP contribution in [0.2, 0.25) is 10.0 Å². The molecule has 6 heteroatoms. The summed E-state index contributed by atoms with van der Waals surface area (Å²) in [5.74, 6) is 1.09. The van der Waals surface area contributed by atoms with Crippen molar-refractivity contribution in [1.82, 2.24) is 14.9 Å². The summed E-state index contributed by atoms with van der Waals surface area (Å²) in [4.78, 5) is 22.2. The van der Waals surface area contributed by atoms with Crippen molar-refractivity contribution < 1.29 is 4.79 Å².